The van der Waals surface area contributed by atoms with Crippen molar-refractivity contribution in [3.05, 3.63) is 34.3 Å². The van der Waals surface area contributed by atoms with E-state index in [1.807, 2.05) is 17.7 Å². The number of amides is 1. The predicted octanol–water partition coefficient (Wildman–Crippen LogP) is 2.64. The van der Waals surface area contributed by atoms with Crippen LogP contribution in [0.4, 0.5) is 11.1 Å². The van der Waals surface area contributed by atoms with Crippen LogP contribution in [0.25, 0.3) is 11.0 Å². The largest absolute Gasteiger partial charge is 0.394 e. The molecule has 0 radical (unpaired) electrons. The lowest BCUT2D eigenvalue weighted by Crippen LogP contribution is -2.27. The molecule has 2 aromatic heterocycles. The highest BCUT2D eigenvalue weighted by atomic mass is 32.1. The number of carbonyl (C=O) groups is 1. The van der Waals surface area contributed by atoms with Gasteiger partial charge in [-0.15, -0.1) is 11.3 Å². The number of carbonyl (C=O) groups excluding carboxylic acids is 1. The van der Waals surface area contributed by atoms with E-state index >= 15 is 0 Å². The molecule has 1 atom stereocenters. The Labute approximate surface area is 179 Å². The molecule has 30 heavy (non-hydrogen) atoms. The third-order valence-electron chi connectivity index (χ3n) is 5.32. The first-order valence-electron chi connectivity index (χ1n) is 10.2. The number of anilines is 2. The number of fused-ring (bicyclic) bond motifs is 2. The van der Waals surface area contributed by atoms with Crippen molar-refractivity contribution in [1.29, 1.82) is 0 Å². The molecule has 0 fully saturated rings. The lowest BCUT2D eigenvalue weighted by atomic mass is 9.93. The molecule has 0 saturated heterocycles. The van der Waals surface area contributed by atoms with E-state index in [0.717, 1.165) is 29.0 Å². The Bertz CT molecular complexity index is 1040. The SMILES string of the molecule is CC1CCc2nc(Nc3nc4cc(C(=O)NCCOCCO)ccc4n3C)sc2C1. The molecule has 4 rings (SSSR count). The highest BCUT2D eigenvalue weighted by molar-refractivity contribution is 7.15. The van der Waals surface area contributed by atoms with Crippen molar-refractivity contribution in [3.63, 3.8) is 0 Å². The van der Waals surface area contributed by atoms with Crippen molar-refractivity contribution < 1.29 is 14.6 Å². The second-order valence-electron chi connectivity index (χ2n) is 7.65. The zero-order valence-corrected chi connectivity index (χ0v) is 18.1. The van der Waals surface area contributed by atoms with E-state index < -0.39 is 0 Å². The normalized spacial score (nSPS) is 15.9. The Hall–Kier alpha value is -2.49. The van der Waals surface area contributed by atoms with Gasteiger partial charge >= 0.3 is 0 Å². The Morgan fingerprint density at radius 3 is 3.07 bits per heavy atom. The molecule has 0 saturated carbocycles. The number of thiazole rings is 1. The summed E-state index contributed by atoms with van der Waals surface area (Å²) < 4.78 is 7.13. The molecule has 0 aliphatic heterocycles. The summed E-state index contributed by atoms with van der Waals surface area (Å²) in [6.45, 7) is 3.29. The van der Waals surface area contributed by atoms with Gasteiger partial charge in [0.1, 0.15) is 0 Å². The monoisotopic (exact) mass is 429 g/mol. The number of aryl methyl sites for hydroxylation is 2. The van der Waals surface area contributed by atoms with E-state index in [1.165, 1.54) is 17.0 Å². The summed E-state index contributed by atoms with van der Waals surface area (Å²) in [5.41, 5.74) is 3.45. The van der Waals surface area contributed by atoms with Crippen LogP contribution in [-0.2, 0) is 24.6 Å². The zero-order valence-electron chi connectivity index (χ0n) is 17.3. The molecule has 1 unspecified atom stereocenters. The molecule has 1 aliphatic carbocycles. The van der Waals surface area contributed by atoms with Crippen molar-refractivity contribution >= 4 is 39.4 Å². The maximum absolute atomic E-state index is 12.4. The molecule has 1 aromatic carbocycles. The van der Waals surface area contributed by atoms with Gasteiger partial charge in [0.2, 0.25) is 5.95 Å². The van der Waals surface area contributed by atoms with Gasteiger partial charge in [-0.05, 0) is 43.4 Å². The van der Waals surface area contributed by atoms with Crippen LogP contribution in [-0.4, -0.2) is 51.9 Å². The molecule has 3 aromatic rings. The molecule has 8 nitrogen and oxygen atoms in total. The van der Waals surface area contributed by atoms with Crippen LogP contribution in [0.2, 0.25) is 0 Å². The highest BCUT2D eigenvalue weighted by Crippen LogP contribution is 2.33. The number of ether oxygens (including phenoxy) is 1. The van der Waals surface area contributed by atoms with Gasteiger partial charge in [0, 0.05) is 24.0 Å². The molecular formula is C21H27N5O3S. The molecule has 2 heterocycles. The number of hydrogen-bond donors (Lipinski definition) is 3. The average molecular weight is 430 g/mol. The standard InChI is InChI=1S/C21H27N5O3S/c1-13-3-5-15-18(11-13)30-21(24-15)25-20-23-16-12-14(4-6-17(16)26(20)2)19(28)22-7-9-29-10-8-27/h4,6,12-13,27H,3,5,7-11H2,1-2H3,(H,22,28)(H,23,24,25). The second-order valence-corrected chi connectivity index (χ2v) is 8.74. The maximum Gasteiger partial charge on any atom is 0.251 e. The van der Waals surface area contributed by atoms with Crippen LogP contribution in [0.3, 0.4) is 0 Å². The van der Waals surface area contributed by atoms with Crippen LogP contribution >= 0.6 is 11.3 Å². The first-order valence-corrected chi connectivity index (χ1v) is 11.1. The summed E-state index contributed by atoms with van der Waals surface area (Å²) in [6.07, 6.45) is 3.34. The minimum Gasteiger partial charge on any atom is -0.394 e. The van der Waals surface area contributed by atoms with Gasteiger partial charge in [0.25, 0.3) is 5.91 Å². The zero-order chi connectivity index (χ0) is 21.1. The van der Waals surface area contributed by atoms with E-state index in [1.54, 1.807) is 23.5 Å². The van der Waals surface area contributed by atoms with E-state index in [4.69, 9.17) is 14.8 Å². The number of imidazole rings is 1. The van der Waals surface area contributed by atoms with Gasteiger partial charge in [0.15, 0.2) is 5.13 Å². The predicted molar refractivity (Wildman–Crippen MR) is 118 cm³/mol. The van der Waals surface area contributed by atoms with E-state index in [0.29, 0.717) is 30.6 Å². The molecule has 1 amide bonds. The third kappa shape index (κ3) is 4.48. The summed E-state index contributed by atoms with van der Waals surface area (Å²) in [4.78, 5) is 23.2. The number of aromatic nitrogens is 3. The van der Waals surface area contributed by atoms with E-state index in [2.05, 4.69) is 22.5 Å². The summed E-state index contributed by atoms with van der Waals surface area (Å²) in [5, 5.41) is 15.7. The smallest absolute Gasteiger partial charge is 0.251 e. The topological polar surface area (TPSA) is 101 Å². The minimum atomic E-state index is -0.175. The molecular weight excluding hydrogens is 402 g/mol. The van der Waals surface area contributed by atoms with E-state index in [9.17, 15) is 4.79 Å². The van der Waals surface area contributed by atoms with Crippen molar-refractivity contribution in [2.45, 2.75) is 26.2 Å². The van der Waals surface area contributed by atoms with Gasteiger partial charge in [-0.25, -0.2) is 9.97 Å². The minimum absolute atomic E-state index is 0.0244. The molecule has 0 bridgehead atoms. The van der Waals surface area contributed by atoms with Crippen LogP contribution in [0.15, 0.2) is 18.2 Å². The number of nitrogens with one attached hydrogen (secondary N) is 2. The molecule has 9 heteroatoms. The Morgan fingerprint density at radius 1 is 1.37 bits per heavy atom. The first-order chi connectivity index (χ1) is 14.5. The molecule has 1 aliphatic rings. The van der Waals surface area contributed by atoms with Gasteiger partial charge in [-0.3, -0.25) is 4.79 Å². The fourth-order valence-corrected chi connectivity index (χ4v) is 4.81. The Kier molecular flexibility index (Phi) is 6.31. The average Bonchev–Trinajstić information content (AvgIpc) is 3.27. The van der Waals surface area contributed by atoms with Gasteiger partial charge in [0.05, 0.1) is 36.5 Å². The first kappa shape index (κ1) is 20.8. The number of aliphatic hydroxyl groups is 1. The molecule has 160 valence electrons. The highest BCUT2D eigenvalue weighted by Gasteiger charge is 2.20. The summed E-state index contributed by atoms with van der Waals surface area (Å²) in [6, 6.07) is 5.49. The number of benzene rings is 1. The van der Waals surface area contributed by atoms with Crippen LogP contribution in [0.1, 0.15) is 34.3 Å². The van der Waals surface area contributed by atoms with Gasteiger partial charge in [-0.2, -0.15) is 0 Å². The van der Waals surface area contributed by atoms with Crippen molar-refractivity contribution in [1.82, 2.24) is 19.9 Å². The van der Waals surface area contributed by atoms with Gasteiger partial charge in [-0.1, -0.05) is 6.92 Å². The molecule has 3 N–H and O–H groups in total. The van der Waals surface area contributed by atoms with Gasteiger partial charge < -0.3 is 25.0 Å². The number of hydrogen-bond acceptors (Lipinski definition) is 7. The van der Waals surface area contributed by atoms with Crippen molar-refractivity contribution in [2.75, 3.05) is 31.7 Å². The van der Waals surface area contributed by atoms with Crippen LogP contribution < -0.4 is 10.6 Å². The Balaban J connectivity index is 1.46. The van der Waals surface area contributed by atoms with Crippen LogP contribution in [0.5, 0.6) is 0 Å². The van der Waals surface area contributed by atoms with E-state index in [-0.39, 0.29) is 19.1 Å². The third-order valence-corrected chi connectivity index (χ3v) is 6.35. The lowest BCUT2D eigenvalue weighted by Gasteiger charge is -2.15. The van der Waals surface area contributed by atoms with Crippen molar-refractivity contribution in [2.24, 2.45) is 13.0 Å². The Morgan fingerprint density at radius 2 is 2.23 bits per heavy atom. The molecule has 0 spiro atoms. The lowest BCUT2D eigenvalue weighted by molar-refractivity contribution is 0.0838. The van der Waals surface area contributed by atoms with Crippen molar-refractivity contribution in [3.8, 4) is 0 Å². The summed E-state index contributed by atoms with van der Waals surface area (Å²) in [7, 11) is 1.95. The summed E-state index contributed by atoms with van der Waals surface area (Å²) in [5.74, 6) is 1.25. The second kappa shape index (κ2) is 9.11. The number of aliphatic hydroxyl groups excluding tert-OH is 1. The number of rotatable bonds is 8. The quantitative estimate of drug-likeness (QED) is 0.476. The van der Waals surface area contributed by atoms with Crippen LogP contribution in [0, 0.1) is 5.92 Å². The summed E-state index contributed by atoms with van der Waals surface area (Å²) >= 11 is 1.71. The fourth-order valence-electron chi connectivity index (χ4n) is 3.65. The number of nitrogens with zero attached hydrogens (tertiary/aromatic N) is 3. The fraction of sp³-hybridized carbons (Fsp3) is 0.476. The maximum atomic E-state index is 12.4.